The Bertz CT molecular complexity index is 399. The number of rotatable bonds is 8. The highest BCUT2D eigenvalue weighted by Gasteiger charge is 2.17. The van der Waals surface area contributed by atoms with Crippen LogP contribution in [-0.4, -0.2) is 35.2 Å². The fourth-order valence-electron chi connectivity index (χ4n) is 1.82. The molecular formula is C15H23NO3. The number of carbonyl (C=O) groups excluding carboxylic acids is 1. The van der Waals surface area contributed by atoms with Gasteiger partial charge in [0.15, 0.2) is 0 Å². The minimum absolute atomic E-state index is 0.302. The molecule has 106 valence electrons. The monoisotopic (exact) mass is 265 g/mol. The van der Waals surface area contributed by atoms with Crippen LogP contribution in [0.4, 0.5) is 0 Å². The Labute approximate surface area is 115 Å². The van der Waals surface area contributed by atoms with Crippen LogP contribution in [0.3, 0.4) is 0 Å². The van der Waals surface area contributed by atoms with E-state index in [1.165, 1.54) is 0 Å². The number of hydrogen-bond donors (Lipinski definition) is 1. The van der Waals surface area contributed by atoms with E-state index in [0.717, 1.165) is 24.1 Å². The van der Waals surface area contributed by atoms with Crippen LogP contribution < -0.4 is 4.74 Å². The van der Waals surface area contributed by atoms with E-state index in [4.69, 9.17) is 4.74 Å². The Morgan fingerprint density at radius 3 is 2.74 bits per heavy atom. The molecule has 1 aromatic carbocycles. The third kappa shape index (κ3) is 6.25. The molecule has 1 N–H and O–H groups in total. The van der Waals surface area contributed by atoms with E-state index < -0.39 is 5.60 Å². The maximum atomic E-state index is 11.0. The molecule has 0 bridgehead atoms. The Kier molecular flexibility index (Phi) is 5.83. The molecule has 0 aliphatic rings. The fraction of sp³-hybridized carbons (Fsp3) is 0.533. The number of amides is 1. The molecule has 0 atom stereocenters. The normalized spacial score (nSPS) is 11.2. The number of ether oxygens (including phenoxy) is 1. The molecule has 1 aromatic rings. The molecular weight excluding hydrogens is 242 g/mol. The third-order valence-electron chi connectivity index (χ3n) is 2.50. The number of benzene rings is 1. The first-order valence-electron chi connectivity index (χ1n) is 6.58. The van der Waals surface area contributed by atoms with Crippen molar-refractivity contribution in [2.24, 2.45) is 0 Å². The number of aliphatic hydroxyl groups is 1. The Morgan fingerprint density at radius 1 is 1.42 bits per heavy atom. The van der Waals surface area contributed by atoms with Gasteiger partial charge in [-0.1, -0.05) is 19.1 Å². The van der Waals surface area contributed by atoms with Gasteiger partial charge in [-0.2, -0.15) is 0 Å². The molecule has 0 fully saturated rings. The zero-order valence-corrected chi connectivity index (χ0v) is 11.9. The lowest BCUT2D eigenvalue weighted by Crippen LogP contribution is -2.37. The van der Waals surface area contributed by atoms with Gasteiger partial charge in [-0.15, -0.1) is 0 Å². The van der Waals surface area contributed by atoms with Gasteiger partial charge in [0.1, 0.15) is 5.75 Å². The zero-order valence-electron chi connectivity index (χ0n) is 11.9. The second-order valence-electron chi connectivity index (χ2n) is 5.32. The van der Waals surface area contributed by atoms with E-state index in [1.807, 2.05) is 24.3 Å². The quantitative estimate of drug-likeness (QED) is 0.733. The van der Waals surface area contributed by atoms with Crippen molar-refractivity contribution in [3.05, 3.63) is 29.8 Å². The Hall–Kier alpha value is -1.55. The molecule has 0 radical (unpaired) electrons. The van der Waals surface area contributed by atoms with Gasteiger partial charge in [0.05, 0.1) is 12.2 Å². The Balaban J connectivity index is 2.66. The SMILES string of the molecule is CCCOc1cccc(CN(C=O)CC(C)(C)O)c1. The average molecular weight is 265 g/mol. The van der Waals surface area contributed by atoms with Crippen molar-refractivity contribution in [3.8, 4) is 5.75 Å². The first kappa shape index (κ1) is 15.5. The van der Waals surface area contributed by atoms with E-state index in [1.54, 1.807) is 18.7 Å². The average Bonchev–Trinajstić information content (AvgIpc) is 2.34. The van der Waals surface area contributed by atoms with Gasteiger partial charge in [-0.05, 0) is 38.0 Å². The van der Waals surface area contributed by atoms with E-state index in [9.17, 15) is 9.90 Å². The van der Waals surface area contributed by atoms with E-state index in [0.29, 0.717) is 19.7 Å². The van der Waals surface area contributed by atoms with Gasteiger partial charge in [-0.25, -0.2) is 0 Å². The summed E-state index contributed by atoms with van der Waals surface area (Å²) >= 11 is 0. The predicted molar refractivity (Wildman–Crippen MR) is 75.0 cm³/mol. The van der Waals surface area contributed by atoms with Gasteiger partial charge in [0, 0.05) is 13.1 Å². The summed E-state index contributed by atoms with van der Waals surface area (Å²) in [5, 5.41) is 9.74. The summed E-state index contributed by atoms with van der Waals surface area (Å²) in [4.78, 5) is 12.6. The topological polar surface area (TPSA) is 49.8 Å². The molecule has 0 saturated carbocycles. The van der Waals surface area contributed by atoms with Crippen LogP contribution in [0, 0.1) is 0 Å². The lowest BCUT2D eigenvalue weighted by molar-refractivity contribution is -0.121. The van der Waals surface area contributed by atoms with Crippen LogP contribution in [0.15, 0.2) is 24.3 Å². The van der Waals surface area contributed by atoms with Crippen LogP contribution in [-0.2, 0) is 11.3 Å². The van der Waals surface area contributed by atoms with Crippen LogP contribution in [0.25, 0.3) is 0 Å². The minimum atomic E-state index is -0.892. The van der Waals surface area contributed by atoms with Crippen LogP contribution in [0.2, 0.25) is 0 Å². The molecule has 0 aliphatic heterocycles. The van der Waals surface area contributed by atoms with Crippen LogP contribution >= 0.6 is 0 Å². The summed E-state index contributed by atoms with van der Waals surface area (Å²) < 4.78 is 5.56. The number of hydrogen-bond acceptors (Lipinski definition) is 3. The summed E-state index contributed by atoms with van der Waals surface area (Å²) in [7, 11) is 0. The molecule has 19 heavy (non-hydrogen) atoms. The summed E-state index contributed by atoms with van der Waals surface area (Å²) in [5.41, 5.74) is 0.0991. The molecule has 0 aromatic heterocycles. The molecule has 0 heterocycles. The van der Waals surface area contributed by atoms with E-state index in [-0.39, 0.29) is 0 Å². The lowest BCUT2D eigenvalue weighted by atomic mass is 10.1. The second-order valence-corrected chi connectivity index (χ2v) is 5.32. The van der Waals surface area contributed by atoms with Gasteiger partial charge >= 0.3 is 0 Å². The minimum Gasteiger partial charge on any atom is -0.494 e. The zero-order chi connectivity index (χ0) is 14.3. The molecule has 0 aliphatic carbocycles. The fourth-order valence-corrected chi connectivity index (χ4v) is 1.82. The van der Waals surface area contributed by atoms with Crippen molar-refractivity contribution in [1.29, 1.82) is 0 Å². The van der Waals surface area contributed by atoms with Crippen molar-refractivity contribution in [2.45, 2.75) is 39.3 Å². The number of nitrogens with zero attached hydrogens (tertiary/aromatic N) is 1. The molecule has 1 rings (SSSR count). The summed E-state index contributed by atoms with van der Waals surface area (Å²) in [5.74, 6) is 0.813. The maximum Gasteiger partial charge on any atom is 0.210 e. The second kappa shape index (κ2) is 7.14. The first-order chi connectivity index (χ1) is 8.94. The van der Waals surface area contributed by atoms with Gasteiger partial charge in [0.2, 0.25) is 6.41 Å². The summed E-state index contributed by atoms with van der Waals surface area (Å²) in [6.07, 6.45) is 1.72. The molecule has 0 spiro atoms. The van der Waals surface area contributed by atoms with Gasteiger partial charge in [0.25, 0.3) is 0 Å². The van der Waals surface area contributed by atoms with E-state index in [2.05, 4.69) is 6.92 Å². The first-order valence-corrected chi connectivity index (χ1v) is 6.58. The highest BCUT2D eigenvalue weighted by atomic mass is 16.5. The summed E-state index contributed by atoms with van der Waals surface area (Å²) in [6.45, 7) is 6.88. The highest BCUT2D eigenvalue weighted by molar-refractivity contribution is 5.47. The largest absolute Gasteiger partial charge is 0.494 e. The number of carbonyl (C=O) groups is 1. The predicted octanol–water partition coefficient (Wildman–Crippen LogP) is 2.20. The summed E-state index contributed by atoms with van der Waals surface area (Å²) in [6, 6.07) is 7.68. The van der Waals surface area contributed by atoms with Crippen molar-refractivity contribution >= 4 is 6.41 Å². The molecule has 0 unspecified atom stereocenters. The molecule has 4 heteroatoms. The molecule has 0 saturated heterocycles. The van der Waals surface area contributed by atoms with Gasteiger partial charge in [-0.3, -0.25) is 4.79 Å². The maximum absolute atomic E-state index is 11.0. The van der Waals surface area contributed by atoms with Crippen molar-refractivity contribution in [1.82, 2.24) is 4.90 Å². The Morgan fingerprint density at radius 2 is 2.16 bits per heavy atom. The molecule has 4 nitrogen and oxygen atoms in total. The van der Waals surface area contributed by atoms with Crippen LogP contribution in [0.1, 0.15) is 32.8 Å². The lowest BCUT2D eigenvalue weighted by Gasteiger charge is -2.25. The highest BCUT2D eigenvalue weighted by Crippen LogP contribution is 2.16. The van der Waals surface area contributed by atoms with E-state index >= 15 is 0 Å². The third-order valence-corrected chi connectivity index (χ3v) is 2.50. The van der Waals surface area contributed by atoms with Crippen molar-refractivity contribution in [3.63, 3.8) is 0 Å². The molecule has 1 amide bonds. The van der Waals surface area contributed by atoms with Gasteiger partial charge < -0.3 is 14.7 Å². The van der Waals surface area contributed by atoms with Crippen molar-refractivity contribution in [2.75, 3.05) is 13.2 Å². The smallest absolute Gasteiger partial charge is 0.210 e. The standard InChI is InChI=1S/C15H23NO3/c1-4-8-19-14-7-5-6-13(9-14)10-16(12-17)11-15(2,3)18/h5-7,9,12,18H,4,8,10-11H2,1-3H3. The van der Waals surface area contributed by atoms with Crippen LogP contribution in [0.5, 0.6) is 5.75 Å². The van der Waals surface area contributed by atoms with Crippen molar-refractivity contribution < 1.29 is 14.6 Å².